The van der Waals surface area contributed by atoms with Crippen LogP contribution >= 0.6 is 43.2 Å². The Bertz CT molecular complexity index is 1790. The summed E-state index contributed by atoms with van der Waals surface area (Å²) in [6.07, 6.45) is 0. The summed E-state index contributed by atoms with van der Waals surface area (Å²) >= 11 is 8.22. The second-order valence-electron chi connectivity index (χ2n) is 8.94. The van der Waals surface area contributed by atoms with Gasteiger partial charge in [0, 0.05) is 21.1 Å². The molecule has 0 fully saturated rings. The smallest absolute Gasteiger partial charge is 0.338 e. The Balaban J connectivity index is 1.87. The van der Waals surface area contributed by atoms with Gasteiger partial charge < -0.3 is 19.1 Å². The zero-order valence-electron chi connectivity index (χ0n) is 22.3. The molecule has 0 bridgehead atoms. The van der Waals surface area contributed by atoms with Gasteiger partial charge in [0.05, 0.1) is 49.4 Å². The maximum Gasteiger partial charge on any atom is 0.338 e. The number of esters is 1. The molecule has 0 saturated heterocycles. The molecule has 1 amide bonds. The quantitative estimate of drug-likeness (QED) is 0.362. The van der Waals surface area contributed by atoms with Crippen molar-refractivity contribution in [1.29, 1.82) is 0 Å². The topological polar surface area (TPSA) is 99.4 Å². The Morgan fingerprint density at radius 2 is 1.77 bits per heavy atom. The van der Waals surface area contributed by atoms with E-state index in [1.165, 1.54) is 18.8 Å². The third-order valence-corrected chi connectivity index (χ3v) is 9.04. The lowest BCUT2D eigenvalue weighted by atomic mass is 9.95. The third-order valence-electron chi connectivity index (χ3n) is 6.81. The fraction of sp³-hybridized carbons (Fsp3) is 0.286. The van der Waals surface area contributed by atoms with E-state index in [9.17, 15) is 14.4 Å². The lowest BCUT2D eigenvalue weighted by Crippen LogP contribution is -2.41. The van der Waals surface area contributed by atoms with Crippen LogP contribution in [-0.2, 0) is 14.3 Å². The summed E-state index contributed by atoms with van der Waals surface area (Å²) in [5.74, 6) is 0.0548. The van der Waals surface area contributed by atoms with Gasteiger partial charge in [0.15, 0.2) is 16.3 Å². The molecule has 9 nitrogen and oxygen atoms in total. The van der Waals surface area contributed by atoms with E-state index in [2.05, 4.69) is 36.9 Å². The van der Waals surface area contributed by atoms with Crippen molar-refractivity contribution >= 4 is 66.3 Å². The van der Waals surface area contributed by atoms with E-state index in [1.807, 2.05) is 25.1 Å². The van der Waals surface area contributed by atoms with Gasteiger partial charge in [0.2, 0.25) is 0 Å². The van der Waals surface area contributed by atoms with E-state index in [4.69, 9.17) is 14.2 Å². The predicted molar refractivity (Wildman–Crippen MR) is 159 cm³/mol. The molecule has 0 radical (unpaired) electrons. The minimum atomic E-state index is -0.903. The number of anilines is 1. The minimum Gasteiger partial charge on any atom is -0.493 e. The first-order chi connectivity index (χ1) is 19.2. The molecular weight excluding hydrogens is 666 g/mol. The lowest BCUT2D eigenvalue weighted by molar-refractivity contribution is -0.139. The highest BCUT2D eigenvalue weighted by Crippen LogP contribution is 2.41. The van der Waals surface area contributed by atoms with Crippen molar-refractivity contribution in [1.82, 2.24) is 4.57 Å². The normalized spacial score (nSPS) is 17.4. The molecule has 0 unspecified atom stereocenters. The van der Waals surface area contributed by atoms with Gasteiger partial charge in [-0.2, -0.15) is 0 Å². The van der Waals surface area contributed by atoms with Crippen molar-refractivity contribution in [3.8, 4) is 11.5 Å². The van der Waals surface area contributed by atoms with Crippen molar-refractivity contribution in [2.45, 2.75) is 26.8 Å². The molecule has 3 heterocycles. The molecule has 5 rings (SSSR count). The molecule has 2 aliphatic rings. The van der Waals surface area contributed by atoms with Gasteiger partial charge in [-0.05, 0) is 56.7 Å². The summed E-state index contributed by atoms with van der Waals surface area (Å²) < 4.78 is 19.5. The van der Waals surface area contributed by atoms with Crippen molar-refractivity contribution in [3.05, 3.63) is 81.4 Å². The van der Waals surface area contributed by atoms with Crippen molar-refractivity contribution in [2.24, 2.45) is 4.99 Å². The monoisotopic (exact) mass is 689 g/mol. The number of allylic oxidation sites excluding steroid dienone is 1. The molecule has 40 heavy (non-hydrogen) atoms. The molecule has 0 aliphatic carbocycles. The number of hydrogen-bond acceptors (Lipinski definition) is 8. The molecule has 208 valence electrons. The SMILES string of the molecule is CCOC(=O)C1=C(C)N=c2s/c(=C3/C(=O)N(CC)c4ccc(Br)cc43)c(=O)n2[C@H]1c1cc(OC)c(OC)cc1Br. The van der Waals surface area contributed by atoms with Crippen LogP contribution in [0.25, 0.3) is 5.57 Å². The van der Waals surface area contributed by atoms with Crippen LogP contribution < -0.4 is 29.3 Å². The zero-order chi connectivity index (χ0) is 28.9. The number of likely N-dealkylation sites (N-methyl/N-ethyl adjacent to an activating group) is 1. The Morgan fingerprint density at radius 3 is 2.42 bits per heavy atom. The van der Waals surface area contributed by atoms with Gasteiger partial charge in [0.25, 0.3) is 11.5 Å². The standard InChI is InChI=1S/C28H25Br2N3O6S/c1-6-32-18-9-8-14(29)10-16(18)22(25(32)34)24-26(35)33-23(15-11-19(37-4)20(38-5)12-17(15)30)21(27(36)39-7-2)13(3)31-28(33)40-24/h8-12,23H,6-7H2,1-5H3/b24-22+/t23-/m0/s1. The van der Waals surface area contributed by atoms with Crippen LogP contribution in [0, 0.1) is 0 Å². The van der Waals surface area contributed by atoms with Crippen molar-refractivity contribution in [2.75, 3.05) is 32.3 Å². The zero-order valence-corrected chi connectivity index (χ0v) is 26.3. The number of carbonyl (C=O) groups excluding carboxylic acids is 2. The Kier molecular flexibility index (Phi) is 7.77. The Labute approximate surface area is 250 Å². The number of halogens is 2. The van der Waals surface area contributed by atoms with Gasteiger partial charge in [-0.1, -0.05) is 43.2 Å². The number of fused-ring (bicyclic) bond motifs is 2. The van der Waals surface area contributed by atoms with E-state index in [0.717, 1.165) is 21.5 Å². The van der Waals surface area contributed by atoms with Crippen molar-refractivity contribution in [3.63, 3.8) is 0 Å². The number of benzene rings is 2. The van der Waals surface area contributed by atoms with Gasteiger partial charge in [-0.3, -0.25) is 14.2 Å². The van der Waals surface area contributed by atoms with Gasteiger partial charge >= 0.3 is 5.97 Å². The number of ether oxygens (including phenoxy) is 3. The molecule has 0 spiro atoms. The first-order valence-corrected chi connectivity index (χ1v) is 14.8. The van der Waals surface area contributed by atoms with E-state index < -0.39 is 17.6 Å². The average Bonchev–Trinajstić information content (AvgIpc) is 3.38. The fourth-order valence-electron chi connectivity index (χ4n) is 5.05. The summed E-state index contributed by atoms with van der Waals surface area (Å²) in [4.78, 5) is 47.9. The first-order valence-electron chi connectivity index (χ1n) is 12.4. The molecule has 1 atom stereocenters. The number of hydrogen-bond donors (Lipinski definition) is 0. The minimum absolute atomic E-state index is 0.150. The summed E-state index contributed by atoms with van der Waals surface area (Å²) in [6.45, 7) is 5.91. The summed E-state index contributed by atoms with van der Waals surface area (Å²) in [5.41, 5.74) is 2.48. The highest BCUT2D eigenvalue weighted by atomic mass is 79.9. The van der Waals surface area contributed by atoms with Gasteiger partial charge in [-0.15, -0.1) is 0 Å². The van der Waals surface area contributed by atoms with E-state index >= 15 is 0 Å². The van der Waals surface area contributed by atoms with E-state index in [-0.39, 0.29) is 22.6 Å². The molecule has 2 aromatic carbocycles. The summed E-state index contributed by atoms with van der Waals surface area (Å²) in [7, 11) is 3.04. The number of aromatic nitrogens is 1. The number of thiazole rings is 1. The van der Waals surface area contributed by atoms with E-state index in [1.54, 1.807) is 30.9 Å². The van der Waals surface area contributed by atoms with Crippen LogP contribution in [-0.4, -0.2) is 43.8 Å². The number of methoxy groups -OCH3 is 2. The third kappa shape index (κ3) is 4.42. The molecule has 12 heteroatoms. The summed E-state index contributed by atoms with van der Waals surface area (Å²) in [5, 5.41) is 0. The fourth-order valence-corrected chi connectivity index (χ4v) is 7.09. The van der Waals surface area contributed by atoms with Crippen LogP contribution in [0.1, 0.15) is 37.9 Å². The second kappa shape index (κ2) is 11.0. The molecule has 2 aliphatic heterocycles. The van der Waals surface area contributed by atoms with Gasteiger partial charge in [-0.25, -0.2) is 9.79 Å². The predicted octanol–water partition coefficient (Wildman–Crippen LogP) is 4.08. The van der Waals surface area contributed by atoms with Crippen LogP contribution in [0.5, 0.6) is 11.5 Å². The number of carbonyl (C=O) groups is 2. The first kappa shape index (κ1) is 28.3. The molecule has 0 N–H and O–H groups in total. The van der Waals surface area contributed by atoms with Crippen molar-refractivity contribution < 1.29 is 23.8 Å². The highest BCUT2D eigenvalue weighted by molar-refractivity contribution is 9.10. The molecule has 0 saturated carbocycles. The number of rotatable bonds is 6. The van der Waals surface area contributed by atoms with Gasteiger partial charge in [0.1, 0.15) is 4.53 Å². The van der Waals surface area contributed by atoms with Crippen LogP contribution in [0.4, 0.5) is 5.69 Å². The van der Waals surface area contributed by atoms with E-state index in [0.29, 0.717) is 49.7 Å². The lowest BCUT2D eigenvalue weighted by Gasteiger charge is -2.26. The molecule has 1 aromatic heterocycles. The second-order valence-corrected chi connectivity index (χ2v) is 11.7. The van der Waals surface area contributed by atoms with Crippen LogP contribution in [0.3, 0.4) is 0 Å². The largest absolute Gasteiger partial charge is 0.493 e. The maximum absolute atomic E-state index is 14.3. The molecular formula is C28H25Br2N3O6S. The number of nitrogens with zero attached hydrogens (tertiary/aromatic N) is 3. The summed E-state index contributed by atoms with van der Waals surface area (Å²) in [6, 6.07) is 8.10. The highest BCUT2D eigenvalue weighted by Gasteiger charge is 2.38. The molecule has 3 aromatic rings. The Hall–Kier alpha value is -3.22. The Morgan fingerprint density at radius 1 is 1.07 bits per heavy atom. The maximum atomic E-state index is 14.3. The van der Waals surface area contributed by atoms with Crippen LogP contribution in [0.15, 0.2) is 60.3 Å². The average molecular weight is 691 g/mol. The number of amides is 1. The van der Waals surface area contributed by atoms with Crippen LogP contribution in [0.2, 0.25) is 0 Å².